The molecule has 142 valence electrons. The van der Waals surface area contributed by atoms with Gasteiger partial charge in [0.1, 0.15) is 0 Å². The van der Waals surface area contributed by atoms with Crippen LogP contribution in [0.15, 0.2) is 84.9 Å². The molecule has 2 N–H and O–H groups in total. The van der Waals surface area contributed by atoms with Gasteiger partial charge in [0.15, 0.2) is 0 Å². The minimum absolute atomic E-state index is 0.162. The Balaban J connectivity index is 1.42. The number of aliphatic hydroxyl groups excluding tert-OH is 1. The number of hydrogen-bond acceptors (Lipinski definition) is 2. The van der Waals surface area contributed by atoms with E-state index in [2.05, 4.69) is 17.4 Å². The Labute approximate surface area is 165 Å². The Kier molecular flexibility index (Phi) is 5.40. The second-order valence-electron chi connectivity index (χ2n) is 7.18. The van der Waals surface area contributed by atoms with Crippen molar-refractivity contribution in [1.29, 1.82) is 0 Å². The van der Waals surface area contributed by atoms with Crippen LogP contribution in [0.5, 0.6) is 0 Å². The van der Waals surface area contributed by atoms with Crippen LogP contribution in [0.1, 0.15) is 24.5 Å². The number of urea groups is 1. The van der Waals surface area contributed by atoms with Crippen molar-refractivity contribution in [3.63, 3.8) is 0 Å². The second kappa shape index (κ2) is 8.28. The molecule has 28 heavy (non-hydrogen) atoms. The first-order chi connectivity index (χ1) is 13.7. The maximum atomic E-state index is 12.8. The third-order valence-corrected chi connectivity index (χ3v) is 5.05. The van der Waals surface area contributed by atoms with E-state index in [0.717, 1.165) is 35.2 Å². The first kappa shape index (κ1) is 18.3. The van der Waals surface area contributed by atoms with Gasteiger partial charge in [-0.2, -0.15) is 0 Å². The predicted molar refractivity (Wildman–Crippen MR) is 112 cm³/mol. The van der Waals surface area contributed by atoms with Crippen LogP contribution >= 0.6 is 0 Å². The van der Waals surface area contributed by atoms with E-state index in [0.29, 0.717) is 6.54 Å². The largest absolute Gasteiger partial charge is 0.387 e. The fraction of sp³-hybridized carbons (Fsp3) is 0.208. The SMILES string of the molecule is O=C(Nc1ccc(-c2ccccc2)cc1)N(CC(O)c1ccccc1)C1CC1. The summed E-state index contributed by atoms with van der Waals surface area (Å²) in [5.74, 6) is 0. The molecule has 4 rings (SSSR count). The zero-order chi connectivity index (χ0) is 19.3. The monoisotopic (exact) mass is 372 g/mol. The Hall–Kier alpha value is -3.11. The number of nitrogens with one attached hydrogen (secondary N) is 1. The number of amides is 2. The van der Waals surface area contributed by atoms with E-state index in [1.54, 1.807) is 4.90 Å². The van der Waals surface area contributed by atoms with Gasteiger partial charge in [-0.25, -0.2) is 4.79 Å². The molecule has 4 heteroatoms. The topological polar surface area (TPSA) is 52.6 Å². The molecule has 0 aliphatic heterocycles. The summed E-state index contributed by atoms with van der Waals surface area (Å²) in [5.41, 5.74) is 3.83. The Bertz CT molecular complexity index is 906. The van der Waals surface area contributed by atoms with Gasteiger partial charge >= 0.3 is 6.03 Å². The van der Waals surface area contributed by atoms with Crippen molar-refractivity contribution >= 4 is 11.7 Å². The second-order valence-corrected chi connectivity index (χ2v) is 7.18. The molecule has 0 heterocycles. The van der Waals surface area contributed by atoms with E-state index >= 15 is 0 Å². The van der Waals surface area contributed by atoms with Crippen molar-refractivity contribution in [1.82, 2.24) is 4.90 Å². The first-order valence-electron chi connectivity index (χ1n) is 9.67. The number of rotatable bonds is 6. The third kappa shape index (κ3) is 4.41. The van der Waals surface area contributed by atoms with Crippen LogP contribution in [0.3, 0.4) is 0 Å². The predicted octanol–water partition coefficient (Wildman–Crippen LogP) is 5.08. The molecular formula is C24H24N2O2. The number of benzene rings is 3. The number of aliphatic hydroxyl groups is 1. The van der Waals surface area contributed by atoms with E-state index in [1.807, 2.05) is 72.8 Å². The molecule has 3 aromatic carbocycles. The number of anilines is 1. The smallest absolute Gasteiger partial charge is 0.322 e. The molecule has 1 unspecified atom stereocenters. The van der Waals surface area contributed by atoms with E-state index in [1.165, 1.54) is 0 Å². The van der Waals surface area contributed by atoms with Crippen molar-refractivity contribution in [2.75, 3.05) is 11.9 Å². The molecule has 1 atom stereocenters. The van der Waals surface area contributed by atoms with Gasteiger partial charge in [-0.15, -0.1) is 0 Å². The molecular weight excluding hydrogens is 348 g/mol. The van der Waals surface area contributed by atoms with Crippen molar-refractivity contribution in [2.45, 2.75) is 25.0 Å². The Morgan fingerprint density at radius 2 is 1.46 bits per heavy atom. The summed E-state index contributed by atoms with van der Waals surface area (Å²) in [6.45, 7) is 0.294. The van der Waals surface area contributed by atoms with Crippen molar-refractivity contribution in [3.8, 4) is 11.1 Å². The third-order valence-electron chi connectivity index (χ3n) is 5.05. The molecule has 0 spiro atoms. The lowest BCUT2D eigenvalue weighted by Gasteiger charge is -2.25. The number of hydrogen-bond donors (Lipinski definition) is 2. The van der Waals surface area contributed by atoms with E-state index < -0.39 is 6.10 Å². The van der Waals surface area contributed by atoms with Crippen LogP contribution in [0.4, 0.5) is 10.5 Å². The minimum Gasteiger partial charge on any atom is -0.387 e. The van der Waals surface area contributed by atoms with Gasteiger partial charge in [0, 0.05) is 11.7 Å². The summed E-state index contributed by atoms with van der Waals surface area (Å²) < 4.78 is 0. The molecule has 0 saturated heterocycles. The lowest BCUT2D eigenvalue weighted by atomic mass is 10.1. The Morgan fingerprint density at radius 1 is 0.893 bits per heavy atom. The van der Waals surface area contributed by atoms with Gasteiger partial charge in [0.05, 0.1) is 12.6 Å². The average molecular weight is 372 g/mol. The van der Waals surface area contributed by atoms with Gasteiger partial charge in [-0.05, 0) is 41.7 Å². The van der Waals surface area contributed by atoms with Gasteiger partial charge < -0.3 is 15.3 Å². The maximum absolute atomic E-state index is 12.8. The zero-order valence-electron chi connectivity index (χ0n) is 15.7. The summed E-state index contributed by atoms with van der Waals surface area (Å²) in [5, 5.41) is 13.5. The number of carbonyl (C=O) groups excluding carboxylic acids is 1. The summed E-state index contributed by atoms with van der Waals surface area (Å²) in [4.78, 5) is 14.6. The maximum Gasteiger partial charge on any atom is 0.322 e. The first-order valence-corrected chi connectivity index (χ1v) is 9.67. The van der Waals surface area contributed by atoms with E-state index in [-0.39, 0.29) is 12.1 Å². The zero-order valence-corrected chi connectivity index (χ0v) is 15.7. The molecule has 1 fully saturated rings. The van der Waals surface area contributed by atoms with Crippen LogP contribution in [0.25, 0.3) is 11.1 Å². The molecule has 0 aromatic heterocycles. The molecule has 1 aliphatic rings. The van der Waals surface area contributed by atoms with Crippen molar-refractivity contribution < 1.29 is 9.90 Å². The van der Waals surface area contributed by atoms with Gasteiger partial charge in [0.2, 0.25) is 0 Å². The molecule has 0 bridgehead atoms. The standard InChI is InChI=1S/C24H24N2O2/c27-23(20-9-5-2-6-10-20)17-26(22-15-16-22)24(28)25-21-13-11-19(12-14-21)18-7-3-1-4-8-18/h1-14,22-23,27H,15-17H2,(H,25,28). The quantitative estimate of drug-likeness (QED) is 0.634. The summed E-state index contributed by atoms with van der Waals surface area (Å²) in [6, 6.07) is 27.5. The number of nitrogens with zero attached hydrogens (tertiary/aromatic N) is 1. The van der Waals surface area contributed by atoms with Crippen LogP contribution in [-0.4, -0.2) is 28.6 Å². The van der Waals surface area contributed by atoms with Crippen LogP contribution in [0, 0.1) is 0 Å². The van der Waals surface area contributed by atoms with E-state index in [9.17, 15) is 9.90 Å². The van der Waals surface area contributed by atoms with Crippen LogP contribution in [-0.2, 0) is 0 Å². The molecule has 0 radical (unpaired) electrons. The summed E-state index contributed by atoms with van der Waals surface area (Å²) >= 11 is 0. The summed E-state index contributed by atoms with van der Waals surface area (Å²) in [7, 11) is 0. The lowest BCUT2D eigenvalue weighted by Crippen LogP contribution is -2.39. The van der Waals surface area contributed by atoms with Gasteiger partial charge in [-0.3, -0.25) is 0 Å². The molecule has 1 aliphatic carbocycles. The average Bonchev–Trinajstić information content (AvgIpc) is 3.59. The highest BCUT2D eigenvalue weighted by Crippen LogP contribution is 2.30. The van der Waals surface area contributed by atoms with Crippen LogP contribution < -0.4 is 5.32 Å². The van der Waals surface area contributed by atoms with Gasteiger partial charge in [0.25, 0.3) is 0 Å². The minimum atomic E-state index is -0.687. The summed E-state index contributed by atoms with van der Waals surface area (Å²) in [6.07, 6.45) is 1.29. The highest BCUT2D eigenvalue weighted by molar-refractivity contribution is 5.90. The fourth-order valence-corrected chi connectivity index (χ4v) is 3.32. The molecule has 4 nitrogen and oxygen atoms in total. The Morgan fingerprint density at radius 3 is 2.07 bits per heavy atom. The van der Waals surface area contributed by atoms with Crippen molar-refractivity contribution in [3.05, 3.63) is 90.5 Å². The molecule has 2 amide bonds. The number of carbonyl (C=O) groups is 1. The van der Waals surface area contributed by atoms with Gasteiger partial charge in [-0.1, -0.05) is 72.8 Å². The van der Waals surface area contributed by atoms with Crippen LogP contribution in [0.2, 0.25) is 0 Å². The lowest BCUT2D eigenvalue weighted by molar-refractivity contribution is 0.123. The highest BCUT2D eigenvalue weighted by Gasteiger charge is 2.34. The fourth-order valence-electron chi connectivity index (χ4n) is 3.32. The molecule has 3 aromatic rings. The van der Waals surface area contributed by atoms with E-state index in [4.69, 9.17) is 0 Å². The highest BCUT2D eigenvalue weighted by atomic mass is 16.3. The van der Waals surface area contributed by atoms with Crippen molar-refractivity contribution in [2.24, 2.45) is 0 Å². The molecule has 1 saturated carbocycles. The normalized spacial score (nSPS) is 14.3.